The highest BCUT2D eigenvalue weighted by Gasteiger charge is 2.11. The molecule has 0 saturated heterocycles. The van der Waals surface area contributed by atoms with Crippen molar-refractivity contribution in [2.45, 2.75) is 20.0 Å². The van der Waals surface area contributed by atoms with Gasteiger partial charge in [0.2, 0.25) is 0 Å². The number of nitrogens with one attached hydrogen (secondary N) is 1. The van der Waals surface area contributed by atoms with Crippen LogP contribution in [-0.4, -0.2) is 18.2 Å². The van der Waals surface area contributed by atoms with Crippen molar-refractivity contribution in [1.29, 1.82) is 5.26 Å². The van der Waals surface area contributed by atoms with Gasteiger partial charge in [0.05, 0.1) is 13.2 Å². The highest BCUT2D eigenvalue weighted by molar-refractivity contribution is 5.71. The zero-order valence-corrected chi connectivity index (χ0v) is 19.5. The third-order valence-electron chi connectivity index (χ3n) is 5.32. The molecule has 35 heavy (non-hydrogen) atoms. The molecule has 0 radical (unpaired) electrons. The highest BCUT2D eigenvalue weighted by Crippen LogP contribution is 2.26. The fourth-order valence-corrected chi connectivity index (χ4v) is 3.59. The van der Waals surface area contributed by atoms with Crippen molar-refractivity contribution in [2.75, 3.05) is 13.2 Å². The van der Waals surface area contributed by atoms with Crippen LogP contribution in [0.25, 0.3) is 11.1 Å². The summed E-state index contributed by atoms with van der Waals surface area (Å²) in [5.41, 5.74) is 2.89. The highest BCUT2D eigenvalue weighted by atomic mass is 16.5. The zero-order valence-electron chi connectivity index (χ0n) is 19.5. The monoisotopic (exact) mass is 466 g/mol. The molecule has 1 N–H and O–H groups in total. The average molecular weight is 467 g/mol. The fraction of sp³-hybridized carbons (Fsp3) is 0.172. The smallest absolute Gasteiger partial charge is 0.266 e. The Hall–Kier alpha value is -4.50. The SMILES string of the molecule is Cc1cc(-c2cccc(OCCCOc3ccc(OCc4ccccc4)cc3)c2)c(C#N)c(=O)[nH]1. The first kappa shape index (κ1) is 23.7. The van der Waals surface area contributed by atoms with Crippen LogP contribution in [0.1, 0.15) is 23.2 Å². The van der Waals surface area contributed by atoms with Gasteiger partial charge in [-0.2, -0.15) is 5.26 Å². The maximum Gasteiger partial charge on any atom is 0.266 e. The van der Waals surface area contributed by atoms with Crippen molar-refractivity contribution in [3.63, 3.8) is 0 Å². The lowest BCUT2D eigenvalue weighted by atomic mass is 10.0. The molecule has 6 nitrogen and oxygen atoms in total. The molecule has 0 amide bonds. The van der Waals surface area contributed by atoms with Crippen LogP contribution in [0.15, 0.2) is 89.7 Å². The first-order valence-electron chi connectivity index (χ1n) is 11.4. The summed E-state index contributed by atoms with van der Waals surface area (Å²) in [6.45, 7) is 3.30. The maximum absolute atomic E-state index is 12.1. The van der Waals surface area contributed by atoms with Crippen LogP contribution < -0.4 is 19.8 Å². The van der Waals surface area contributed by atoms with Crippen LogP contribution in [-0.2, 0) is 6.61 Å². The van der Waals surface area contributed by atoms with Gasteiger partial charge in [0.15, 0.2) is 0 Å². The number of benzene rings is 3. The van der Waals surface area contributed by atoms with Crippen molar-refractivity contribution in [3.05, 3.63) is 112 Å². The summed E-state index contributed by atoms with van der Waals surface area (Å²) in [5, 5.41) is 9.38. The van der Waals surface area contributed by atoms with Crippen molar-refractivity contribution in [2.24, 2.45) is 0 Å². The predicted octanol–water partition coefficient (Wildman–Crippen LogP) is 5.65. The molecule has 0 atom stereocenters. The minimum atomic E-state index is -0.387. The molecule has 0 unspecified atom stereocenters. The molecular weight excluding hydrogens is 440 g/mol. The van der Waals surface area contributed by atoms with Gasteiger partial charge in [0, 0.05) is 17.7 Å². The third-order valence-corrected chi connectivity index (χ3v) is 5.32. The molecule has 0 fully saturated rings. The Morgan fingerprint density at radius 2 is 1.49 bits per heavy atom. The number of hydrogen-bond donors (Lipinski definition) is 1. The van der Waals surface area contributed by atoms with E-state index in [9.17, 15) is 10.1 Å². The summed E-state index contributed by atoms with van der Waals surface area (Å²) in [6, 6.07) is 28.8. The topological polar surface area (TPSA) is 84.3 Å². The summed E-state index contributed by atoms with van der Waals surface area (Å²) in [7, 11) is 0. The van der Waals surface area contributed by atoms with Crippen molar-refractivity contribution in [3.8, 4) is 34.4 Å². The Kier molecular flexibility index (Phi) is 7.82. The van der Waals surface area contributed by atoms with E-state index in [0.29, 0.717) is 43.2 Å². The molecule has 0 aliphatic carbocycles. The van der Waals surface area contributed by atoms with Crippen LogP contribution in [0.4, 0.5) is 0 Å². The van der Waals surface area contributed by atoms with Gasteiger partial charge in [-0.1, -0.05) is 42.5 Å². The Bertz CT molecular complexity index is 1360. The summed E-state index contributed by atoms with van der Waals surface area (Å²) in [4.78, 5) is 14.8. The first-order chi connectivity index (χ1) is 17.1. The molecule has 0 bridgehead atoms. The summed E-state index contributed by atoms with van der Waals surface area (Å²) in [5.74, 6) is 2.23. The predicted molar refractivity (Wildman–Crippen MR) is 135 cm³/mol. The van der Waals surface area contributed by atoms with E-state index in [0.717, 1.165) is 22.6 Å². The third kappa shape index (κ3) is 6.52. The van der Waals surface area contributed by atoms with Gasteiger partial charge < -0.3 is 19.2 Å². The number of aromatic amines is 1. The van der Waals surface area contributed by atoms with Gasteiger partial charge in [0.25, 0.3) is 5.56 Å². The fourth-order valence-electron chi connectivity index (χ4n) is 3.59. The largest absolute Gasteiger partial charge is 0.493 e. The quantitative estimate of drug-likeness (QED) is 0.305. The van der Waals surface area contributed by atoms with Crippen LogP contribution in [0.5, 0.6) is 17.2 Å². The van der Waals surface area contributed by atoms with E-state index in [2.05, 4.69) is 4.98 Å². The number of aryl methyl sites for hydroxylation is 1. The second-order valence-corrected chi connectivity index (χ2v) is 8.01. The average Bonchev–Trinajstić information content (AvgIpc) is 2.88. The minimum Gasteiger partial charge on any atom is -0.493 e. The number of nitriles is 1. The van der Waals surface area contributed by atoms with Gasteiger partial charge in [0.1, 0.15) is 35.5 Å². The van der Waals surface area contributed by atoms with Gasteiger partial charge in [-0.15, -0.1) is 0 Å². The van der Waals surface area contributed by atoms with E-state index in [1.807, 2.05) is 84.9 Å². The van der Waals surface area contributed by atoms with E-state index in [-0.39, 0.29) is 11.1 Å². The number of ether oxygens (including phenoxy) is 3. The number of pyridine rings is 1. The lowest BCUT2D eigenvalue weighted by Crippen LogP contribution is -2.12. The molecule has 4 rings (SSSR count). The second kappa shape index (κ2) is 11.6. The van der Waals surface area contributed by atoms with Gasteiger partial charge in [-0.05, 0) is 60.5 Å². The maximum atomic E-state index is 12.1. The number of H-pyrrole nitrogens is 1. The summed E-state index contributed by atoms with van der Waals surface area (Å²) in [6.07, 6.45) is 0.698. The van der Waals surface area contributed by atoms with Crippen LogP contribution in [0.3, 0.4) is 0 Å². The van der Waals surface area contributed by atoms with Gasteiger partial charge in [-0.25, -0.2) is 0 Å². The standard InChI is InChI=1S/C29H26N2O4/c1-21-17-27(28(19-30)29(32)31-21)23-9-5-10-26(18-23)34-16-6-15-33-24-11-13-25(14-12-24)35-20-22-7-3-2-4-8-22/h2-5,7-14,17-18H,6,15-16,20H2,1H3,(H,31,32). The van der Waals surface area contributed by atoms with Gasteiger partial charge >= 0.3 is 0 Å². The van der Waals surface area contributed by atoms with E-state index >= 15 is 0 Å². The molecule has 0 aliphatic heterocycles. The zero-order chi connectivity index (χ0) is 24.5. The first-order valence-corrected chi connectivity index (χ1v) is 11.4. The summed E-state index contributed by atoms with van der Waals surface area (Å²) >= 11 is 0. The van der Waals surface area contributed by atoms with E-state index < -0.39 is 0 Å². The van der Waals surface area contributed by atoms with E-state index in [1.165, 1.54) is 0 Å². The van der Waals surface area contributed by atoms with Crippen molar-refractivity contribution < 1.29 is 14.2 Å². The second-order valence-electron chi connectivity index (χ2n) is 8.01. The number of rotatable bonds is 10. The Morgan fingerprint density at radius 1 is 0.800 bits per heavy atom. The van der Waals surface area contributed by atoms with Crippen LogP contribution in [0, 0.1) is 18.3 Å². The Morgan fingerprint density at radius 3 is 2.20 bits per heavy atom. The molecule has 176 valence electrons. The normalized spacial score (nSPS) is 10.4. The number of hydrogen-bond acceptors (Lipinski definition) is 5. The molecule has 0 spiro atoms. The van der Waals surface area contributed by atoms with Crippen molar-refractivity contribution in [1.82, 2.24) is 4.98 Å². The molecule has 6 heteroatoms. The Balaban J connectivity index is 1.24. The van der Waals surface area contributed by atoms with Crippen LogP contribution in [0.2, 0.25) is 0 Å². The molecule has 1 heterocycles. The van der Waals surface area contributed by atoms with E-state index in [1.54, 1.807) is 13.0 Å². The number of nitrogens with zero attached hydrogens (tertiary/aromatic N) is 1. The van der Waals surface area contributed by atoms with E-state index in [4.69, 9.17) is 14.2 Å². The molecule has 0 saturated carbocycles. The van der Waals surface area contributed by atoms with Gasteiger partial charge in [-0.3, -0.25) is 4.79 Å². The lowest BCUT2D eigenvalue weighted by Gasteiger charge is -2.11. The molecule has 0 aliphatic rings. The molecule has 4 aromatic rings. The molecular formula is C29H26N2O4. The molecule has 3 aromatic carbocycles. The lowest BCUT2D eigenvalue weighted by molar-refractivity contribution is 0.247. The molecule has 1 aromatic heterocycles. The van der Waals surface area contributed by atoms with Crippen molar-refractivity contribution >= 4 is 0 Å². The van der Waals surface area contributed by atoms with Crippen LogP contribution >= 0.6 is 0 Å². The number of aromatic nitrogens is 1. The summed E-state index contributed by atoms with van der Waals surface area (Å²) < 4.78 is 17.5. The Labute approximate surface area is 204 Å². The minimum absolute atomic E-state index is 0.0950.